The number of ether oxygens (including phenoxy) is 1. The Hall–Kier alpha value is -2.37. The maximum Gasteiger partial charge on any atom is 0.233 e. The Morgan fingerprint density at radius 3 is 2.43 bits per heavy atom. The second-order valence-corrected chi connectivity index (χ2v) is 4.51. The smallest absolute Gasteiger partial charge is 0.233 e. The fraction of sp³-hybridized carbons (Fsp3) is 0.400. The van der Waals surface area contributed by atoms with E-state index in [1.165, 1.54) is 0 Å². The van der Waals surface area contributed by atoms with Gasteiger partial charge < -0.3 is 15.0 Å². The Kier molecular flexibility index (Phi) is 5.31. The zero-order chi connectivity index (χ0) is 15.1. The van der Waals surface area contributed by atoms with E-state index in [1.807, 2.05) is 18.3 Å². The first-order chi connectivity index (χ1) is 10.3. The van der Waals surface area contributed by atoms with E-state index in [0.717, 1.165) is 24.5 Å². The van der Waals surface area contributed by atoms with E-state index in [9.17, 15) is 0 Å². The highest BCUT2D eigenvalue weighted by Crippen LogP contribution is 2.12. The molecule has 0 saturated heterocycles. The maximum atomic E-state index is 4.97. The van der Waals surface area contributed by atoms with E-state index in [0.29, 0.717) is 18.2 Å². The van der Waals surface area contributed by atoms with Crippen molar-refractivity contribution in [3.63, 3.8) is 0 Å². The molecule has 0 amide bonds. The van der Waals surface area contributed by atoms with Gasteiger partial charge in [-0.2, -0.15) is 0 Å². The normalized spacial score (nSPS) is 10.2. The van der Waals surface area contributed by atoms with Crippen LogP contribution in [0.15, 0.2) is 30.5 Å². The third-order valence-corrected chi connectivity index (χ3v) is 3.22. The van der Waals surface area contributed by atoms with Crippen LogP contribution in [0.2, 0.25) is 0 Å². The van der Waals surface area contributed by atoms with Crippen molar-refractivity contribution in [2.45, 2.75) is 20.4 Å². The van der Waals surface area contributed by atoms with Crippen LogP contribution in [0.3, 0.4) is 0 Å². The van der Waals surface area contributed by atoms with Crippen LogP contribution in [0.4, 0.5) is 11.6 Å². The molecule has 2 aromatic heterocycles. The van der Waals surface area contributed by atoms with Crippen LogP contribution in [0.1, 0.15) is 19.4 Å². The number of hydrogen-bond donors (Lipinski definition) is 1. The van der Waals surface area contributed by atoms with Crippen LogP contribution < -0.4 is 15.0 Å². The van der Waals surface area contributed by atoms with Gasteiger partial charge in [0.05, 0.1) is 7.11 Å². The van der Waals surface area contributed by atoms with Crippen molar-refractivity contribution in [1.29, 1.82) is 0 Å². The lowest BCUT2D eigenvalue weighted by atomic mass is 10.2. The summed E-state index contributed by atoms with van der Waals surface area (Å²) in [5.41, 5.74) is 1.10. The van der Waals surface area contributed by atoms with E-state index in [4.69, 9.17) is 4.74 Å². The Morgan fingerprint density at radius 2 is 1.90 bits per heavy atom. The largest absolute Gasteiger partial charge is 0.480 e. The third-order valence-electron chi connectivity index (χ3n) is 3.22. The SMILES string of the molecule is CCN(CC)c1ccc(CNc2ccc(OC)nn2)cn1. The van der Waals surface area contributed by atoms with Crippen molar-refractivity contribution in [3.8, 4) is 5.88 Å². The Balaban J connectivity index is 1.93. The number of methoxy groups -OCH3 is 1. The summed E-state index contributed by atoms with van der Waals surface area (Å²) in [6, 6.07) is 7.73. The van der Waals surface area contributed by atoms with Crippen molar-refractivity contribution in [1.82, 2.24) is 15.2 Å². The number of rotatable bonds is 7. The molecule has 0 aliphatic heterocycles. The molecular weight excluding hydrogens is 266 g/mol. The molecular formula is C15H21N5O. The fourth-order valence-corrected chi connectivity index (χ4v) is 1.97. The van der Waals surface area contributed by atoms with Crippen LogP contribution in [0.25, 0.3) is 0 Å². The molecule has 21 heavy (non-hydrogen) atoms. The van der Waals surface area contributed by atoms with Crippen LogP contribution in [0.5, 0.6) is 5.88 Å². The minimum absolute atomic E-state index is 0.505. The van der Waals surface area contributed by atoms with Gasteiger partial charge in [0, 0.05) is 31.9 Å². The molecule has 0 radical (unpaired) electrons. The summed E-state index contributed by atoms with van der Waals surface area (Å²) in [6.45, 7) is 6.84. The molecule has 0 aliphatic carbocycles. The van der Waals surface area contributed by atoms with Gasteiger partial charge in [0.1, 0.15) is 11.6 Å². The number of hydrogen-bond acceptors (Lipinski definition) is 6. The number of anilines is 2. The molecule has 0 aliphatic rings. The first-order valence-electron chi connectivity index (χ1n) is 7.08. The van der Waals surface area contributed by atoms with Gasteiger partial charge in [0.25, 0.3) is 0 Å². The van der Waals surface area contributed by atoms with E-state index < -0.39 is 0 Å². The predicted octanol–water partition coefficient (Wildman–Crippen LogP) is 2.34. The lowest BCUT2D eigenvalue weighted by Crippen LogP contribution is -2.22. The highest BCUT2D eigenvalue weighted by atomic mass is 16.5. The second kappa shape index (κ2) is 7.42. The third kappa shape index (κ3) is 4.05. The molecule has 6 heteroatoms. The van der Waals surface area contributed by atoms with Gasteiger partial charge in [-0.25, -0.2) is 4.98 Å². The monoisotopic (exact) mass is 287 g/mol. The van der Waals surface area contributed by atoms with E-state index in [-0.39, 0.29) is 0 Å². The van der Waals surface area contributed by atoms with E-state index in [1.54, 1.807) is 13.2 Å². The molecule has 0 atom stereocenters. The summed E-state index contributed by atoms with van der Waals surface area (Å²) < 4.78 is 4.97. The standard InChI is InChI=1S/C15H21N5O/c1-4-20(5-2)14-8-6-12(11-17-14)10-16-13-7-9-15(21-3)19-18-13/h6-9,11H,4-5,10H2,1-3H3,(H,16,18). The second-order valence-electron chi connectivity index (χ2n) is 4.51. The molecule has 112 valence electrons. The van der Waals surface area contributed by atoms with Crippen molar-refractivity contribution >= 4 is 11.6 Å². The zero-order valence-corrected chi connectivity index (χ0v) is 12.7. The zero-order valence-electron chi connectivity index (χ0n) is 12.7. The molecule has 0 aromatic carbocycles. The number of pyridine rings is 1. The first-order valence-corrected chi connectivity index (χ1v) is 7.08. The van der Waals surface area contributed by atoms with Gasteiger partial charge in [-0.3, -0.25) is 0 Å². The van der Waals surface area contributed by atoms with Gasteiger partial charge in [-0.15, -0.1) is 10.2 Å². The number of aromatic nitrogens is 3. The van der Waals surface area contributed by atoms with E-state index in [2.05, 4.69) is 45.3 Å². The molecule has 2 aromatic rings. The molecule has 0 fully saturated rings. The average molecular weight is 287 g/mol. The van der Waals surface area contributed by atoms with Crippen molar-refractivity contribution in [2.24, 2.45) is 0 Å². The summed E-state index contributed by atoms with van der Waals surface area (Å²) in [7, 11) is 1.57. The summed E-state index contributed by atoms with van der Waals surface area (Å²) >= 11 is 0. The quantitative estimate of drug-likeness (QED) is 0.843. The summed E-state index contributed by atoms with van der Waals surface area (Å²) in [4.78, 5) is 6.70. The van der Waals surface area contributed by atoms with Crippen LogP contribution in [0, 0.1) is 0 Å². The van der Waals surface area contributed by atoms with Gasteiger partial charge in [-0.05, 0) is 31.5 Å². The molecule has 0 saturated carbocycles. The van der Waals surface area contributed by atoms with Crippen LogP contribution in [-0.2, 0) is 6.54 Å². The van der Waals surface area contributed by atoms with Crippen molar-refractivity contribution in [3.05, 3.63) is 36.0 Å². The molecule has 0 unspecified atom stereocenters. The molecule has 0 bridgehead atoms. The Labute approximate surface area is 125 Å². The maximum absolute atomic E-state index is 4.97. The van der Waals surface area contributed by atoms with Gasteiger partial charge in [0.15, 0.2) is 0 Å². The summed E-state index contributed by atoms with van der Waals surface area (Å²) in [5.74, 6) is 2.22. The topological polar surface area (TPSA) is 63.2 Å². The Bertz CT molecular complexity index is 537. The van der Waals surface area contributed by atoms with E-state index >= 15 is 0 Å². The molecule has 2 heterocycles. The van der Waals surface area contributed by atoms with Gasteiger partial charge in [0.2, 0.25) is 5.88 Å². The Morgan fingerprint density at radius 1 is 1.10 bits per heavy atom. The number of nitrogens with zero attached hydrogens (tertiary/aromatic N) is 4. The minimum Gasteiger partial charge on any atom is -0.480 e. The summed E-state index contributed by atoms with van der Waals surface area (Å²) in [6.07, 6.45) is 1.89. The molecule has 2 rings (SSSR count). The first kappa shape index (κ1) is 15.0. The highest BCUT2D eigenvalue weighted by molar-refractivity contribution is 5.40. The average Bonchev–Trinajstić information content (AvgIpc) is 2.55. The van der Waals surface area contributed by atoms with Crippen molar-refractivity contribution < 1.29 is 4.74 Å². The molecule has 6 nitrogen and oxygen atoms in total. The van der Waals surface area contributed by atoms with Gasteiger partial charge >= 0.3 is 0 Å². The van der Waals surface area contributed by atoms with Crippen LogP contribution in [-0.4, -0.2) is 35.4 Å². The fourth-order valence-electron chi connectivity index (χ4n) is 1.97. The lowest BCUT2D eigenvalue weighted by Gasteiger charge is -2.19. The molecule has 1 N–H and O–H groups in total. The number of nitrogens with one attached hydrogen (secondary N) is 1. The minimum atomic E-state index is 0.505. The van der Waals surface area contributed by atoms with Crippen molar-refractivity contribution in [2.75, 3.05) is 30.4 Å². The highest BCUT2D eigenvalue weighted by Gasteiger charge is 2.03. The molecule has 0 spiro atoms. The predicted molar refractivity (Wildman–Crippen MR) is 83.7 cm³/mol. The van der Waals surface area contributed by atoms with Gasteiger partial charge in [-0.1, -0.05) is 6.07 Å². The lowest BCUT2D eigenvalue weighted by molar-refractivity contribution is 0.392. The summed E-state index contributed by atoms with van der Waals surface area (Å²) in [5, 5.41) is 11.1. The van der Waals surface area contributed by atoms with Crippen LogP contribution >= 0.6 is 0 Å².